The third-order valence-corrected chi connectivity index (χ3v) is 4.87. The number of hydrogen-bond donors (Lipinski definition) is 1. The number of aryl methyl sites for hydroxylation is 1. The maximum absolute atomic E-state index is 13.1. The molecule has 1 amide bonds. The molecule has 11 heteroatoms. The van der Waals surface area contributed by atoms with E-state index in [1.165, 1.54) is 23.2 Å². The molecule has 172 valence electrons. The van der Waals surface area contributed by atoms with Crippen LogP contribution < -0.4 is 5.32 Å². The van der Waals surface area contributed by atoms with Crippen molar-refractivity contribution in [2.75, 3.05) is 0 Å². The summed E-state index contributed by atoms with van der Waals surface area (Å²) in [6, 6.07) is 9.89. The first kappa shape index (κ1) is 24.1. The van der Waals surface area contributed by atoms with Gasteiger partial charge in [-0.15, -0.1) is 5.10 Å². The Morgan fingerprint density at radius 2 is 1.91 bits per heavy atom. The molecule has 0 saturated heterocycles. The number of carbonyl (C=O) groups is 2. The van der Waals surface area contributed by atoms with E-state index in [0.29, 0.717) is 21.8 Å². The van der Waals surface area contributed by atoms with Crippen LogP contribution in [0.3, 0.4) is 0 Å². The summed E-state index contributed by atoms with van der Waals surface area (Å²) in [5, 5.41) is 13.4. The molecule has 3 rings (SSSR count). The van der Waals surface area contributed by atoms with Gasteiger partial charge in [0.2, 0.25) is 5.91 Å². The van der Waals surface area contributed by atoms with Crippen molar-refractivity contribution in [3.63, 3.8) is 0 Å². The average Bonchev–Trinajstić information content (AvgIpc) is 3.27. The Balaban J connectivity index is 1.76. The molecule has 1 unspecified atom stereocenters. The maximum Gasteiger partial charge on any atom is 0.391 e. The van der Waals surface area contributed by atoms with Crippen LogP contribution in [0.5, 0.6) is 0 Å². The summed E-state index contributed by atoms with van der Waals surface area (Å²) in [4.78, 5) is 25.0. The molecule has 0 saturated carbocycles. The minimum absolute atomic E-state index is 0.233. The van der Waals surface area contributed by atoms with Crippen molar-refractivity contribution in [3.05, 3.63) is 76.6 Å². The number of amides is 1. The SMILES string of the molecule is Cc1ccc(CC(=O)C(CC(F)(F)F)NC(=O)/C=C/c2cc(Cl)ccc2-n2cnnn2)cc1. The van der Waals surface area contributed by atoms with Gasteiger partial charge in [0.15, 0.2) is 5.78 Å². The fraction of sp³-hybridized carbons (Fsp3) is 0.227. The van der Waals surface area contributed by atoms with E-state index in [2.05, 4.69) is 20.8 Å². The van der Waals surface area contributed by atoms with E-state index >= 15 is 0 Å². The molecule has 1 N–H and O–H groups in total. The van der Waals surface area contributed by atoms with E-state index in [9.17, 15) is 22.8 Å². The molecule has 0 aliphatic rings. The Hall–Kier alpha value is -3.53. The number of Topliss-reactive ketones (excluding diaryl/α,β-unsaturated/α-hetero) is 1. The van der Waals surface area contributed by atoms with Gasteiger partial charge in [-0.3, -0.25) is 9.59 Å². The average molecular weight is 478 g/mol. The fourth-order valence-electron chi connectivity index (χ4n) is 3.03. The van der Waals surface area contributed by atoms with Crippen molar-refractivity contribution >= 4 is 29.4 Å². The first-order chi connectivity index (χ1) is 15.6. The highest BCUT2D eigenvalue weighted by atomic mass is 35.5. The number of nitrogens with zero attached hydrogens (tertiary/aromatic N) is 4. The Morgan fingerprint density at radius 1 is 1.18 bits per heavy atom. The van der Waals surface area contributed by atoms with Gasteiger partial charge in [-0.05, 0) is 47.2 Å². The van der Waals surface area contributed by atoms with Crippen LogP contribution in [0.25, 0.3) is 11.8 Å². The van der Waals surface area contributed by atoms with Crippen molar-refractivity contribution in [1.82, 2.24) is 25.5 Å². The molecule has 1 heterocycles. The number of tetrazole rings is 1. The summed E-state index contributed by atoms with van der Waals surface area (Å²) >= 11 is 6.01. The molecule has 0 bridgehead atoms. The number of aromatic nitrogens is 4. The van der Waals surface area contributed by atoms with Crippen LogP contribution in [0, 0.1) is 6.92 Å². The van der Waals surface area contributed by atoms with Gasteiger partial charge >= 0.3 is 6.18 Å². The molecule has 3 aromatic rings. The number of rotatable bonds is 8. The number of benzene rings is 2. The maximum atomic E-state index is 13.1. The van der Waals surface area contributed by atoms with Crippen molar-refractivity contribution in [3.8, 4) is 5.69 Å². The van der Waals surface area contributed by atoms with Gasteiger partial charge in [0.05, 0.1) is 18.2 Å². The zero-order valence-corrected chi connectivity index (χ0v) is 18.1. The van der Waals surface area contributed by atoms with E-state index < -0.39 is 30.3 Å². The standard InChI is InChI=1S/C22H19ClF3N5O2/c1-14-2-4-15(5-3-14)10-20(32)18(12-22(24,25)26)28-21(33)9-6-16-11-17(23)7-8-19(16)31-13-27-29-30-31/h2-9,11,13,18H,10,12H2,1H3,(H,28,33)/b9-6+. The van der Waals surface area contributed by atoms with Crippen LogP contribution in [-0.4, -0.2) is 44.1 Å². The lowest BCUT2D eigenvalue weighted by atomic mass is 10.0. The summed E-state index contributed by atoms with van der Waals surface area (Å²) in [7, 11) is 0. The topological polar surface area (TPSA) is 89.8 Å². The third-order valence-electron chi connectivity index (χ3n) is 4.64. The zero-order chi connectivity index (χ0) is 24.0. The highest BCUT2D eigenvalue weighted by Crippen LogP contribution is 2.23. The lowest BCUT2D eigenvalue weighted by molar-refractivity contribution is -0.149. The third kappa shape index (κ3) is 7.25. The van der Waals surface area contributed by atoms with Crippen molar-refractivity contribution in [1.29, 1.82) is 0 Å². The highest BCUT2D eigenvalue weighted by Gasteiger charge is 2.35. The van der Waals surface area contributed by atoms with Crippen molar-refractivity contribution in [2.24, 2.45) is 0 Å². The van der Waals surface area contributed by atoms with Crippen LogP contribution >= 0.6 is 11.6 Å². The number of alkyl halides is 3. The molecule has 0 radical (unpaired) electrons. The summed E-state index contributed by atoms with van der Waals surface area (Å²) in [6.45, 7) is 1.86. The quantitative estimate of drug-likeness (QED) is 0.497. The number of hydrogen-bond acceptors (Lipinski definition) is 5. The van der Waals surface area contributed by atoms with Gasteiger partial charge in [-0.25, -0.2) is 0 Å². The minimum atomic E-state index is -4.63. The molecule has 0 aliphatic carbocycles. The summed E-state index contributed by atoms with van der Waals surface area (Å²) in [6.07, 6.45) is -2.61. The predicted octanol–water partition coefficient (Wildman–Crippen LogP) is 3.89. The second-order valence-corrected chi connectivity index (χ2v) is 7.74. The summed E-state index contributed by atoms with van der Waals surface area (Å²) in [5.41, 5.74) is 2.46. The molecule has 2 aromatic carbocycles. The smallest absolute Gasteiger partial charge is 0.342 e. The van der Waals surface area contributed by atoms with E-state index in [1.807, 2.05) is 6.92 Å². The monoisotopic (exact) mass is 477 g/mol. The Kier molecular flexibility index (Phi) is 7.59. The lowest BCUT2D eigenvalue weighted by Gasteiger charge is -2.18. The molecule has 0 aliphatic heterocycles. The summed E-state index contributed by atoms with van der Waals surface area (Å²) < 4.78 is 40.5. The van der Waals surface area contributed by atoms with Crippen molar-refractivity contribution < 1.29 is 22.8 Å². The van der Waals surface area contributed by atoms with Gasteiger partial charge < -0.3 is 5.32 Å². The van der Waals surface area contributed by atoms with Crippen LogP contribution in [0.4, 0.5) is 13.2 Å². The lowest BCUT2D eigenvalue weighted by Crippen LogP contribution is -2.43. The van der Waals surface area contributed by atoms with Crippen LogP contribution in [0.1, 0.15) is 23.1 Å². The zero-order valence-electron chi connectivity index (χ0n) is 17.4. The van der Waals surface area contributed by atoms with Gasteiger partial charge in [0, 0.05) is 23.1 Å². The molecule has 33 heavy (non-hydrogen) atoms. The first-order valence-electron chi connectivity index (χ1n) is 9.77. The number of nitrogens with one attached hydrogen (secondary N) is 1. The van der Waals surface area contributed by atoms with Gasteiger partial charge in [-0.2, -0.15) is 17.9 Å². The minimum Gasteiger partial charge on any atom is -0.342 e. The molecular weight excluding hydrogens is 459 g/mol. The number of ketones is 1. The Morgan fingerprint density at radius 3 is 2.55 bits per heavy atom. The molecular formula is C22H19ClF3N5O2. The Labute approximate surface area is 192 Å². The number of halogens is 4. The molecule has 1 atom stereocenters. The van der Waals surface area contributed by atoms with E-state index in [4.69, 9.17) is 11.6 Å². The van der Waals surface area contributed by atoms with Crippen LogP contribution in [-0.2, 0) is 16.0 Å². The van der Waals surface area contributed by atoms with Gasteiger partial charge in [-0.1, -0.05) is 41.4 Å². The fourth-order valence-corrected chi connectivity index (χ4v) is 3.21. The largest absolute Gasteiger partial charge is 0.391 e. The van der Waals surface area contributed by atoms with E-state index in [1.54, 1.807) is 36.4 Å². The summed E-state index contributed by atoms with van der Waals surface area (Å²) in [5.74, 6) is -1.60. The van der Waals surface area contributed by atoms with Crippen LogP contribution in [0.2, 0.25) is 5.02 Å². The first-order valence-corrected chi connectivity index (χ1v) is 10.1. The molecule has 0 fully saturated rings. The van der Waals surface area contributed by atoms with Gasteiger partial charge in [0.25, 0.3) is 0 Å². The highest BCUT2D eigenvalue weighted by molar-refractivity contribution is 6.30. The second kappa shape index (κ2) is 10.4. The van der Waals surface area contributed by atoms with Crippen molar-refractivity contribution in [2.45, 2.75) is 32.0 Å². The normalized spacial score (nSPS) is 12.6. The second-order valence-electron chi connectivity index (χ2n) is 7.30. The van der Waals surface area contributed by atoms with Crippen LogP contribution in [0.15, 0.2) is 54.9 Å². The Bertz CT molecular complexity index is 1150. The molecule has 1 aromatic heterocycles. The molecule has 0 spiro atoms. The number of carbonyl (C=O) groups excluding carboxylic acids is 2. The molecule has 7 nitrogen and oxygen atoms in total. The van der Waals surface area contributed by atoms with E-state index in [0.717, 1.165) is 11.6 Å². The van der Waals surface area contributed by atoms with E-state index in [-0.39, 0.29) is 6.42 Å². The van der Waals surface area contributed by atoms with Gasteiger partial charge in [0.1, 0.15) is 6.33 Å². The predicted molar refractivity (Wildman–Crippen MR) is 116 cm³/mol.